The topological polar surface area (TPSA) is 93.2 Å². The minimum absolute atomic E-state index is 0.0676. The van der Waals surface area contributed by atoms with Crippen molar-refractivity contribution in [3.8, 4) is 0 Å². The highest BCUT2D eigenvalue weighted by Crippen LogP contribution is 2.11. The van der Waals surface area contributed by atoms with Crippen molar-refractivity contribution in [2.24, 2.45) is 5.92 Å². The first-order valence-electron chi connectivity index (χ1n) is 4.96. The largest absolute Gasteiger partial charge is 0.453 e. The van der Waals surface area contributed by atoms with Crippen LogP contribution in [0.15, 0.2) is 5.51 Å². The molecule has 1 rings (SSSR count). The normalized spacial score (nSPS) is 12.0. The zero-order valence-electron chi connectivity index (χ0n) is 9.76. The summed E-state index contributed by atoms with van der Waals surface area (Å²) in [5.41, 5.74) is 1.51. The predicted octanol–water partition coefficient (Wildman–Crippen LogP) is 0.857. The minimum atomic E-state index is -0.675. The highest BCUT2D eigenvalue weighted by molar-refractivity contribution is 7.13. The fourth-order valence-corrected chi connectivity index (χ4v) is 1.58. The quantitative estimate of drug-likeness (QED) is 0.835. The van der Waals surface area contributed by atoms with Crippen LogP contribution >= 0.6 is 11.3 Å². The third-order valence-electron chi connectivity index (χ3n) is 2.00. The second kappa shape index (κ2) is 6.14. The summed E-state index contributed by atoms with van der Waals surface area (Å²) < 4.78 is 4.46. The van der Waals surface area contributed by atoms with Gasteiger partial charge in [-0.3, -0.25) is 10.1 Å². The van der Waals surface area contributed by atoms with E-state index in [0.717, 1.165) is 0 Å². The fourth-order valence-electron chi connectivity index (χ4n) is 1.13. The molecule has 2 amide bonds. The summed E-state index contributed by atoms with van der Waals surface area (Å²) in [6.07, 6.45) is -0.642. The Morgan fingerprint density at radius 3 is 2.65 bits per heavy atom. The third-order valence-corrected chi connectivity index (χ3v) is 2.60. The summed E-state index contributed by atoms with van der Waals surface area (Å²) >= 11 is 1.21. The van der Waals surface area contributed by atoms with Gasteiger partial charge in [-0.05, 0) is 5.92 Å². The molecule has 0 spiro atoms. The summed E-state index contributed by atoms with van der Waals surface area (Å²) in [6, 6.07) is -0.675. The molecule has 8 heteroatoms. The maximum atomic E-state index is 11.9. The SMILES string of the molecule is COC(=O)NC(C(=O)Nc1nncs1)C(C)C. The molecule has 7 nitrogen and oxygen atoms in total. The Labute approximate surface area is 103 Å². The number of carbonyl (C=O) groups is 2. The standard InChI is InChI=1S/C9H14N4O3S/c1-5(2)6(11-9(15)16-3)7(14)12-8-13-10-4-17-8/h4-6H,1-3H3,(H,11,15)(H,12,13,14). The summed E-state index contributed by atoms with van der Waals surface area (Å²) in [4.78, 5) is 23.0. The molecule has 0 bridgehead atoms. The monoisotopic (exact) mass is 258 g/mol. The number of methoxy groups -OCH3 is 1. The Hall–Kier alpha value is -1.70. The molecule has 0 saturated heterocycles. The number of hydrogen-bond donors (Lipinski definition) is 2. The van der Waals surface area contributed by atoms with E-state index in [4.69, 9.17) is 0 Å². The molecule has 0 aromatic carbocycles. The van der Waals surface area contributed by atoms with Crippen LogP contribution in [0.25, 0.3) is 0 Å². The number of rotatable bonds is 4. The Balaban J connectivity index is 2.64. The van der Waals surface area contributed by atoms with Gasteiger partial charge in [0.05, 0.1) is 7.11 Å². The number of anilines is 1. The highest BCUT2D eigenvalue weighted by Gasteiger charge is 2.25. The van der Waals surface area contributed by atoms with E-state index in [1.54, 1.807) is 0 Å². The summed E-state index contributed by atoms with van der Waals surface area (Å²) in [5.74, 6) is -0.413. The predicted molar refractivity (Wildman–Crippen MR) is 62.7 cm³/mol. The van der Waals surface area contributed by atoms with Crippen molar-refractivity contribution in [3.05, 3.63) is 5.51 Å². The molecule has 1 heterocycles. The molecule has 1 unspecified atom stereocenters. The molecule has 0 saturated carbocycles. The Kier molecular flexibility index (Phi) is 4.83. The molecular formula is C9H14N4O3S. The fraction of sp³-hybridized carbons (Fsp3) is 0.556. The molecule has 1 atom stereocenters. The van der Waals surface area contributed by atoms with Crippen LogP contribution in [-0.4, -0.2) is 35.3 Å². The molecule has 0 aliphatic heterocycles. The lowest BCUT2D eigenvalue weighted by Gasteiger charge is -2.19. The zero-order valence-corrected chi connectivity index (χ0v) is 10.6. The highest BCUT2D eigenvalue weighted by atomic mass is 32.1. The van der Waals surface area contributed by atoms with Gasteiger partial charge in [0.25, 0.3) is 0 Å². The number of alkyl carbamates (subject to hydrolysis) is 1. The number of ether oxygens (including phenoxy) is 1. The van der Waals surface area contributed by atoms with Gasteiger partial charge < -0.3 is 10.1 Å². The lowest BCUT2D eigenvalue weighted by molar-refractivity contribution is -0.119. The van der Waals surface area contributed by atoms with E-state index in [1.807, 2.05) is 13.8 Å². The van der Waals surface area contributed by atoms with Crippen LogP contribution in [-0.2, 0) is 9.53 Å². The molecule has 0 fully saturated rings. The van der Waals surface area contributed by atoms with Gasteiger partial charge in [0, 0.05) is 0 Å². The van der Waals surface area contributed by atoms with Crippen molar-refractivity contribution in [2.75, 3.05) is 12.4 Å². The number of amides is 2. The number of nitrogens with zero attached hydrogens (tertiary/aromatic N) is 2. The average molecular weight is 258 g/mol. The zero-order chi connectivity index (χ0) is 12.8. The molecule has 0 aliphatic carbocycles. The maximum Gasteiger partial charge on any atom is 0.407 e. The lowest BCUT2D eigenvalue weighted by atomic mass is 10.0. The van der Waals surface area contributed by atoms with Crippen molar-refractivity contribution >= 4 is 28.5 Å². The number of nitrogens with one attached hydrogen (secondary N) is 2. The molecule has 0 aliphatic rings. The summed E-state index contributed by atoms with van der Waals surface area (Å²) in [6.45, 7) is 3.64. The van der Waals surface area contributed by atoms with Gasteiger partial charge in [-0.2, -0.15) is 0 Å². The van der Waals surface area contributed by atoms with Crippen LogP contribution in [0.1, 0.15) is 13.8 Å². The van der Waals surface area contributed by atoms with E-state index < -0.39 is 12.1 Å². The maximum absolute atomic E-state index is 11.9. The van der Waals surface area contributed by atoms with Gasteiger partial charge in [0.2, 0.25) is 11.0 Å². The van der Waals surface area contributed by atoms with Crippen molar-refractivity contribution in [2.45, 2.75) is 19.9 Å². The van der Waals surface area contributed by atoms with E-state index in [1.165, 1.54) is 24.0 Å². The number of hydrogen-bond acceptors (Lipinski definition) is 6. The van der Waals surface area contributed by atoms with Crippen LogP contribution in [0.2, 0.25) is 0 Å². The molecular weight excluding hydrogens is 244 g/mol. The Morgan fingerprint density at radius 1 is 1.47 bits per heavy atom. The average Bonchev–Trinajstić information content (AvgIpc) is 2.77. The van der Waals surface area contributed by atoms with Crippen molar-refractivity contribution in [1.82, 2.24) is 15.5 Å². The summed E-state index contributed by atoms with van der Waals surface area (Å²) in [5, 5.41) is 12.7. The third kappa shape index (κ3) is 3.99. The van der Waals surface area contributed by atoms with Crippen LogP contribution in [0.5, 0.6) is 0 Å². The van der Waals surface area contributed by atoms with Gasteiger partial charge in [0.1, 0.15) is 11.6 Å². The Bertz CT molecular complexity index is 380. The summed E-state index contributed by atoms with van der Waals surface area (Å²) in [7, 11) is 1.25. The van der Waals surface area contributed by atoms with Crippen LogP contribution < -0.4 is 10.6 Å². The van der Waals surface area contributed by atoms with Crippen molar-refractivity contribution in [1.29, 1.82) is 0 Å². The first-order valence-corrected chi connectivity index (χ1v) is 5.84. The van der Waals surface area contributed by atoms with Crippen molar-refractivity contribution in [3.63, 3.8) is 0 Å². The van der Waals surface area contributed by atoms with E-state index in [2.05, 4.69) is 25.6 Å². The second-order valence-electron chi connectivity index (χ2n) is 3.59. The first-order chi connectivity index (χ1) is 8.04. The smallest absolute Gasteiger partial charge is 0.407 e. The number of aromatic nitrogens is 2. The van der Waals surface area contributed by atoms with E-state index >= 15 is 0 Å². The Morgan fingerprint density at radius 2 is 2.18 bits per heavy atom. The molecule has 0 radical (unpaired) electrons. The van der Waals surface area contributed by atoms with Crippen LogP contribution in [0.4, 0.5) is 9.93 Å². The lowest BCUT2D eigenvalue weighted by Crippen LogP contribution is -2.47. The molecule has 1 aromatic rings. The second-order valence-corrected chi connectivity index (χ2v) is 4.42. The molecule has 2 N–H and O–H groups in total. The van der Waals surface area contributed by atoms with E-state index in [-0.39, 0.29) is 11.8 Å². The molecule has 17 heavy (non-hydrogen) atoms. The number of carbonyl (C=O) groups excluding carboxylic acids is 2. The van der Waals surface area contributed by atoms with Gasteiger partial charge in [-0.1, -0.05) is 25.2 Å². The van der Waals surface area contributed by atoms with Gasteiger partial charge >= 0.3 is 6.09 Å². The van der Waals surface area contributed by atoms with E-state index in [9.17, 15) is 9.59 Å². The molecule has 1 aromatic heterocycles. The van der Waals surface area contributed by atoms with Crippen molar-refractivity contribution < 1.29 is 14.3 Å². The molecule has 94 valence electrons. The van der Waals surface area contributed by atoms with Gasteiger partial charge in [0.15, 0.2) is 0 Å². The van der Waals surface area contributed by atoms with Crippen LogP contribution in [0, 0.1) is 5.92 Å². The van der Waals surface area contributed by atoms with Gasteiger partial charge in [-0.15, -0.1) is 10.2 Å². The van der Waals surface area contributed by atoms with E-state index in [0.29, 0.717) is 5.13 Å². The van der Waals surface area contributed by atoms with Crippen LogP contribution in [0.3, 0.4) is 0 Å². The minimum Gasteiger partial charge on any atom is -0.453 e. The van der Waals surface area contributed by atoms with Gasteiger partial charge in [-0.25, -0.2) is 4.79 Å². The first kappa shape index (κ1) is 13.4.